The molecule has 0 saturated carbocycles. The van der Waals surface area contributed by atoms with Gasteiger partial charge in [0.25, 0.3) is 0 Å². The average molecular weight is 283 g/mol. The maximum atomic E-state index is 13.1. The zero-order chi connectivity index (χ0) is 13.6. The summed E-state index contributed by atoms with van der Waals surface area (Å²) in [5.41, 5.74) is 0.0351. The smallest absolute Gasteiger partial charge is 0.233 e. The number of halogens is 3. The SMILES string of the molecule is Cc1ccn2nc(C(F)(F)F)c(-c3cccs3)c2n1. The largest absolute Gasteiger partial charge is 0.435 e. The Bertz CT molecular complexity index is 729. The molecule has 0 amide bonds. The highest BCUT2D eigenvalue weighted by Crippen LogP contribution is 2.39. The molecule has 0 N–H and O–H groups in total. The third kappa shape index (κ3) is 1.99. The van der Waals surface area contributed by atoms with Crippen molar-refractivity contribution in [1.29, 1.82) is 0 Å². The van der Waals surface area contributed by atoms with Gasteiger partial charge >= 0.3 is 6.18 Å². The van der Waals surface area contributed by atoms with Crippen LogP contribution in [0.1, 0.15) is 11.4 Å². The Morgan fingerprint density at radius 1 is 1.26 bits per heavy atom. The van der Waals surface area contributed by atoms with Crippen LogP contribution in [0, 0.1) is 6.92 Å². The molecule has 3 aromatic heterocycles. The first kappa shape index (κ1) is 12.2. The van der Waals surface area contributed by atoms with Crippen LogP contribution in [0.4, 0.5) is 13.2 Å². The number of hydrogen-bond donors (Lipinski definition) is 0. The molecular formula is C12H8F3N3S. The first-order chi connectivity index (χ1) is 8.97. The van der Waals surface area contributed by atoms with Crippen LogP contribution in [-0.4, -0.2) is 14.6 Å². The van der Waals surface area contributed by atoms with E-state index in [1.165, 1.54) is 22.0 Å². The van der Waals surface area contributed by atoms with Crippen LogP contribution in [0.25, 0.3) is 16.1 Å². The van der Waals surface area contributed by atoms with E-state index < -0.39 is 11.9 Å². The molecule has 3 aromatic rings. The summed E-state index contributed by atoms with van der Waals surface area (Å²) in [4.78, 5) is 4.69. The van der Waals surface area contributed by atoms with Crippen molar-refractivity contribution >= 4 is 17.0 Å². The summed E-state index contributed by atoms with van der Waals surface area (Å²) < 4.78 is 40.4. The Balaban J connectivity index is 2.40. The van der Waals surface area contributed by atoms with Gasteiger partial charge < -0.3 is 0 Å². The molecule has 3 heterocycles. The quantitative estimate of drug-likeness (QED) is 0.680. The molecule has 0 bridgehead atoms. The van der Waals surface area contributed by atoms with Crippen molar-refractivity contribution in [3.05, 3.63) is 41.2 Å². The van der Waals surface area contributed by atoms with Crippen LogP contribution in [0.5, 0.6) is 0 Å². The normalized spacial score (nSPS) is 12.2. The standard InChI is InChI=1S/C12H8F3N3S/c1-7-4-5-18-11(16-7)9(8-3-2-6-19-8)10(17-18)12(13,14)15/h2-6H,1H3. The second-order valence-corrected chi connectivity index (χ2v) is 4.98. The first-order valence-electron chi connectivity index (χ1n) is 5.44. The van der Waals surface area contributed by atoms with Crippen molar-refractivity contribution in [3.63, 3.8) is 0 Å². The minimum Gasteiger partial charge on any atom is -0.233 e. The summed E-state index contributed by atoms with van der Waals surface area (Å²) in [7, 11) is 0. The minimum atomic E-state index is -4.50. The van der Waals surface area contributed by atoms with E-state index in [9.17, 15) is 13.2 Å². The topological polar surface area (TPSA) is 30.2 Å². The number of aryl methyl sites for hydroxylation is 1. The Morgan fingerprint density at radius 2 is 2.05 bits per heavy atom. The molecule has 7 heteroatoms. The summed E-state index contributed by atoms with van der Waals surface area (Å²) in [6, 6.07) is 4.97. The van der Waals surface area contributed by atoms with Crippen molar-refractivity contribution in [2.24, 2.45) is 0 Å². The molecule has 0 atom stereocenters. The number of rotatable bonds is 1. The van der Waals surface area contributed by atoms with Gasteiger partial charge in [0.15, 0.2) is 11.3 Å². The van der Waals surface area contributed by atoms with Crippen LogP contribution < -0.4 is 0 Å². The van der Waals surface area contributed by atoms with Gasteiger partial charge in [-0.15, -0.1) is 11.3 Å². The predicted octanol–water partition coefficient (Wildman–Crippen LogP) is 3.79. The number of fused-ring (bicyclic) bond motifs is 1. The highest BCUT2D eigenvalue weighted by atomic mass is 32.1. The van der Waals surface area contributed by atoms with Crippen LogP contribution in [0.3, 0.4) is 0 Å². The van der Waals surface area contributed by atoms with E-state index in [1.807, 2.05) is 0 Å². The fraction of sp³-hybridized carbons (Fsp3) is 0.167. The van der Waals surface area contributed by atoms with Crippen LogP contribution in [0.15, 0.2) is 29.8 Å². The van der Waals surface area contributed by atoms with Crippen molar-refractivity contribution in [2.75, 3.05) is 0 Å². The van der Waals surface area contributed by atoms with Gasteiger partial charge in [0.05, 0.1) is 5.56 Å². The van der Waals surface area contributed by atoms with Crippen LogP contribution in [0.2, 0.25) is 0 Å². The fourth-order valence-corrected chi connectivity index (χ4v) is 2.63. The number of nitrogens with zero attached hydrogens (tertiary/aromatic N) is 3. The van der Waals surface area contributed by atoms with E-state index in [2.05, 4.69) is 10.1 Å². The van der Waals surface area contributed by atoms with Gasteiger partial charge in [-0.05, 0) is 24.4 Å². The zero-order valence-electron chi connectivity index (χ0n) is 9.77. The maximum absolute atomic E-state index is 13.1. The lowest BCUT2D eigenvalue weighted by Gasteiger charge is -2.04. The van der Waals surface area contributed by atoms with Gasteiger partial charge in [-0.3, -0.25) is 0 Å². The number of hydrogen-bond acceptors (Lipinski definition) is 3. The van der Waals surface area contributed by atoms with Gasteiger partial charge in [-0.2, -0.15) is 18.3 Å². The molecule has 19 heavy (non-hydrogen) atoms. The third-order valence-electron chi connectivity index (χ3n) is 2.66. The predicted molar refractivity (Wildman–Crippen MR) is 66.0 cm³/mol. The molecule has 0 aliphatic heterocycles. The molecule has 0 radical (unpaired) electrons. The number of aromatic nitrogens is 3. The molecule has 0 aliphatic carbocycles. The highest BCUT2D eigenvalue weighted by molar-refractivity contribution is 7.13. The molecule has 98 valence electrons. The Labute approximate surface area is 110 Å². The van der Waals surface area contributed by atoms with Gasteiger partial charge in [-0.1, -0.05) is 6.07 Å². The summed E-state index contributed by atoms with van der Waals surface area (Å²) >= 11 is 1.24. The molecule has 0 fully saturated rings. The molecule has 3 rings (SSSR count). The van der Waals surface area contributed by atoms with Crippen molar-refractivity contribution in [3.8, 4) is 10.4 Å². The van der Waals surface area contributed by atoms with E-state index in [-0.39, 0.29) is 11.2 Å². The number of thiophene rings is 1. The lowest BCUT2D eigenvalue weighted by Crippen LogP contribution is -2.07. The maximum Gasteiger partial charge on any atom is 0.435 e. The molecule has 3 nitrogen and oxygen atoms in total. The van der Waals surface area contributed by atoms with Crippen LogP contribution in [-0.2, 0) is 6.18 Å². The van der Waals surface area contributed by atoms with E-state index in [1.54, 1.807) is 30.5 Å². The average Bonchev–Trinajstić information content (AvgIpc) is 2.92. The van der Waals surface area contributed by atoms with Gasteiger partial charge in [0.1, 0.15) is 0 Å². The lowest BCUT2D eigenvalue weighted by molar-refractivity contribution is -0.140. The van der Waals surface area contributed by atoms with Crippen molar-refractivity contribution in [1.82, 2.24) is 14.6 Å². The molecule has 0 saturated heterocycles. The minimum absolute atomic E-state index is 0.0474. The molecular weight excluding hydrogens is 275 g/mol. The van der Waals surface area contributed by atoms with E-state index in [0.717, 1.165) is 0 Å². The van der Waals surface area contributed by atoms with Crippen molar-refractivity contribution in [2.45, 2.75) is 13.1 Å². The van der Waals surface area contributed by atoms with Gasteiger partial charge in [0.2, 0.25) is 0 Å². The van der Waals surface area contributed by atoms with Gasteiger partial charge in [-0.25, -0.2) is 9.50 Å². The molecule has 0 aliphatic rings. The summed E-state index contributed by atoms with van der Waals surface area (Å²) in [6.45, 7) is 1.73. The first-order valence-corrected chi connectivity index (χ1v) is 6.32. The Hall–Kier alpha value is -1.89. The van der Waals surface area contributed by atoms with Crippen molar-refractivity contribution < 1.29 is 13.2 Å². The second kappa shape index (κ2) is 4.06. The van der Waals surface area contributed by atoms with E-state index >= 15 is 0 Å². The van der Waals surface area contributed by atoms with E-state index in [4.69, 9.17) is 0 Å². The third-order valence-corrected chi connectivity index (χ3v) is 3.55. The lowest BCUT2D eigenvalue weighted by atomic mass is 10.2. The van der Waals surface area contributed by atoms with Crippen LogP contribution >= 0.6 is 11.3 Å². The Kier molecular flexibility index (Phi) is 2.60. The van der Waals surface area contributed by atoms with E-state index in [0.29, 0.717) is 10.6 Å². The Morgan fingerprint density at radius 3 is 2.68 bits per heavy atom. The molecule has 0 unspecified atom stereocenters. The molecule has 0 spiro atoms. The molecule has 0 aromatic carbocycles. The van der Waals surface area contributed by atoms with Gasteiger partial charge in [0, 0.05) is 16.8 Å². The summed E-state index contributed by atoms with van der Waals surface area (Å²) in [6.07, 6.45) is -3.01. The number of alkyl halides is 3. The zero-order valence-corrected chi connectivity index (χ0v) is 10.6. The summed E-state index contributed by atoms with van der Waals surface area (Å²) in [5.74, 6) is 0. The monoisotopic (exact) mass is 283 g/mol. The summed E-state index contributed by atoms with van der Waals surface area (Å²) in [5, 5.41) is 5.35. The highest BCUT2D eigenvalue weighted by Gasteiger charge is 2.39. The fourth-order valence-electron chi connectivity index (χ4n) is 1.87. The second-order valence-electron chi connectivity index (χ2n) is 4.04.